The van der Waals surface area contributed by atoms with Gasteiger partial charge in [-0.3, -0.25) is 4.79 Å². The van der Waals surface area contributed by atoms with Crippen LogP contribution in [0, 0.1) is 5.82 Å². The number of rotatable bonds is 4. The number of benzene rings is 2. The summed E-state index contributed by atoms with van der Waals surface area (Å²) in [5.74, 6) is -0.641. The number of carbonyl (C=O) groups excluding carboxylic acids is 1. The topological polar surface area (TPSA) is 38.3 Å². The van der Waals surface area contributed by atoms with E-state index in [9.17, 15) is 9.18 Å². The van der Waals surface area contributed by atoms with Gasteiger partial charge in [-0.15, -0.1) is 0 Å². The van der Waals surface area contributed by atoms with Crippen LogP contribution in [-0.2, 0) is 0 Å². The fraction of sp³-hybridized carbons (Fsp3) is 0.133. The summed E-state index contributed by atoms with van der Waals surface area (Å²) in [5, 5.41) is 3.06. The Bertz CT molecular complexity index is 631. The molecule has 2 aromatic carbocycles. The monoisotopic (exact) mass is 293 g/mol. The van der Waals surface area contributed by atoms with Crippen LogP contribution in [0.1, 0.15) is 17.3 Å². The molecule has 5 heteroatoms. The fourth-order valence-electron chi connectivity index (χ4n) is 1.72. The van der Waals surface area contributed by atoms with E-state index in [0.29, 0.717) is 23.1 Å². The fourth-order valence-corrected chi connectivity index (χ4v) is 1.89. The molecule has 2 rings (SSSR count). The van der Waals surface area contributed by atoms with Crippen LogP contribution in [-0.4, -0.2) is 12.5 Å². The van der Waals surface area contributed by atoms with Crippen LogP contribution in [0.5, 0.6) is 5.75 Å². The van der Waals surface area contributed by atoms with E-state index in [1.165, 1.54) is 18.2 Å². The first-order chi connectivity index (χ1) is 9.61. The number of hydrogen-bond donors (Lipinski definition) is 1. The lowest BCUT2D eigenvalue weighted by molar-refractivity contribution is 0.102. The smallest absolute Gasteiger partial charge is 0.258 e. The van der Waals surface area contributed by atoms with Gasteiger partial charge in [0.1, 0.15) is 11.6 Å². The molecule has 0 saturated heterocycles. The lowest BCUT2D eigenvalue weighted by Gasteiger charge is -2.12. The molecule has 0 saturated carbocycles. The van der Waals surface area contributed by atoms with Crippen molar-refractivity contribution in [3.05, 3.63) is 58.9 Å². The van der Waals surface area contributed by atoms with E-state index in [1.807, 2.05) is 6.92 Å². The maximum atomic E-state index is 13.6. The summed E-state index contributed by atoms with van der Waals surface area (Å²) >= 11 is 5.90. The van der Waals surface area contributed by atoms with E-state index in [-0.39, 0.29) is 5.56 Å². The van der Waals surface area contributed by atoms with Gasteiger partial charge in [0.15, 0.2) is 0 Å². The van der Waals surface area contributed by atoms with Crippen LogP contribution < -0.4 is 10.1 Å². The first kappa shape index (κ1) is 14.3. The van der Waals surface area contributed by atoms with Crippen LogP contribution in [0.2, 0.25) is 5.02 Å². The van der Waals surface area contributed by atoms with Gasteiger partial charge in [-0.25, -0.2) is 4.39 Å². The predicted octanol–water partition coefficient (Wildman–Crippen LogP) is 4.13. The Morgan fingerprint density at radius 3 is 2.75 bits per heavy atom. The highest BCUT2D eigenvalue weighted by atomic mass is 35.5. The summed E-state index contributed by atoms with van der Waals surface area (Å²) in [4.78, 5) is 12.1. The van der Waals surface area contributed by atoms with Crippen LogP contribution in [0.15, 0.2) is 42.5 Å². The van der Waals surface area contributed by atoms with E-state index < -0.39 is 11.7 Å². The van der Waals surface area contributed by atoms with Gasteiger partial charge in [0.2, 0.25) is 0 Å². The summed E-state index contributed by atoms with van der Waals surface area (Å²) < 4.78 is 18.9. The van der Waals surface area contributed by atoms with Crippen molar-refractivity contribution >= 4 is 23.2 Å². The molecular formula is C15H13ClFNO2. The van der Waals surface area contributed by atoms with Crippen molar-refractivity contribution in [2.45, 2.75) is 6.92 Å². The molecule has 0 fully saturated rings. The number of anilines is 1. The summed E-state index contributed by atoms with van der Waals surface area (Å²) in [5.41, 5.74) is 0.377. The lowest BCUT2D eigenvalue weighted by Crippen LogP contribution is -2.14. The van der Waals surface area contributed by atoms with Crippen LogP contribution in [0.25, 0.3) is 0 Å². The molecule has 3 nitrogen and oxygen atoms in total. The second-order valence-electron chi connectivity index (χ2n) is 4.01. The molecule has 0 radical (unpaired) electrons. The molecule has 104 valence electrons. The van der Waals surface area contributed by atoms with Crippen molar-refractivity contribution in [1.29, 1.82) is 0 Å². The lowest BCUT2D eigenvalue weighted by atomic mass is 10.2. The first-order valence-electron chi connectivity index (χ1n) is 6.10. The Balaban J connectivity index is 2.27. The van der Waals surface area contributed by atoms with Crippen molar-refractivity contribution < 1.29 is 13.9 Å². The SMILES string of the molecule is CCOc1ccc(Cl)cc1NC(=O)c1ccccc1F. The normalized spacial score (nSPS) is 10.2. The third kappa shape index (κ3) is 3.27. The van der Waals surface area contributed by atoms with Gasteiger partial charge in [-0.2, -0.15) is 0 Å². The van der Waals surface area contributed by atoms with Gasteiger partial charge in [-0.05, 0) is 37.3 Å². The van der Waals surface area contributed by atoms with Crippen LogP contribution in [0.4, 0.5) is 10.1 Å². The number of nitrogens with one attached hydrogen (secondary N) is 1. The zero-order valence-corrected chi connectivity index (χ0v) is 11.6. The van der Waals surface area contributed by atoms with Gasteiger partial charge in [0.25, 0.3) is 5.91 Å². The number of amides is 1. The van der Waals surface area contributed by atoms with Crippen molar-refractivity contribution in [2.75, 3.05) is 11.9 Å². The molecule has 0 heterocycles. The highest BCUT2D eigenvalue weighted by Crippen LogP contribution is 2.28. The molecule has 2 aromatic rings. The minimum atomic E-state index is -0.579. The minimum Gasteiger partial charge on any atom is -0.492 e. The number of halogens is 2. The average Bonchev–Trinajstić information content (AvgIpc) is 2.42. The largest absolute Gasteiger partial charge is 0.492 e. The van der Waals surface area contributed by atoms with Crippen molar-refractivity contribution in [1.82, 2.24) is 0 Å². The second kappa shape index (κ2) is 6.39. The third-order valence-electron chi connectivity index (χ3n) is 2.61. The van der Waals surface area contributed by atoms with E-state index in [1.54, 1.807) is 24.3 Å². The molecule has 1 N–H and O–H groups in total. The Labute approximate surface area is 121 Å². The average molecular weight is 294 g/mol. The highest BCUT2D eigenvalue weighted by Gasteiger charge is 2.13. The van der Waals surface area contributed by atoms with Crippen LogP contribution >= 0.6 is 11.6 Å². The molecule has 0 spiro atoms. The third-order valence-corrected chi connectivity index (χ3v) is 2.84. The summed E-state index contributed by atoms with van der Waals surface area (Å²) in [6.45, 7) is 2.28. The predicted molar refractivity (Wildman–Crippen MR) is 77.0 cm³/mol. The maximum absolute atomic E-state index is 13.6. The number of hydrogen-bond acceptors (Lipinski definition) is 2. The van der Waals surface area contributed by atoms with E-state index in [0.717, 1.165) is 0 Å². The molecule has 20 heavy (non-hydrogen) atoms. The molecule has 0 aromatic heterocycles. The molecule has 1 amide bonds. The van der Waals surface area contributed by atoms with Crippen molar-refractivity contribution in [3.8, 4) is 5.75 Å². The first-order valence-corrected chi connectivity index (χ1v) is 6.48. The quantitative estimate of drug-likeness (QED) is 0.920. The summed E-state index contributed by atoms with van der Waals surface area (Å²) in [6, 6.07) is 10.6. The summed E-state index contributed by atoms with van der Waals surface area (Å²) in [6.07, 6.45) is 0. The second-order valence-corrected chi connectivity index (χ2v) is 4.44. The standard InChI is InChI=1S/C15H13ClFNO2/c1-2-20-14-8-7-10(16)9-13(14)18-15(19)11-5-3-4-6-12(11)17/h3-9H,2H2,1H3,(H,18,19). The van der Waals surface area contributed by atoms with Gasteiger partial charge >= 0.3 is 0 Å². The van der Waals surface area contributed by atoms with Gasteiger partial charge in [0, 0.05) is 5.02 Å². The van der Waals surface area contributed by atoms with Gasteiger partial charge in [0.05, 0.1) is 17.9 Å². The Kier molecular flexibility index (Phi) is 4.58. The van der Waals surface area contributed by atoms with Crippen molar-refractivity contribution in [2.24, 2.45) is 0 Å². The molecule has 0 aliphatic rings. The Hall–Kier alpha value is -2.07. The zero-order chi connectivity index (χ0) is 14.5. The molecule has 0 unspecified atom stereocenters. The minimum absolute atomic E-state index is 0.0325. The van der Waals surface area contributed by atoms with E-state index >= 15 is 0 Å². The number of ether oxygens (including phenoxy) is 1. The molecule has 0 atom stereocenters. The van der Waals surface area contributed by atoms with Crippen LogP contribution in [0.3, 0.4) is 0 Å². The summed E-state index contributed by atoms with van der Waals surface area (Å²) in [7, 11) is 0. The molecular weight excluding hydrogens is 281 g/mol. The molecule has 0 aliphatic heterocycles. The zero-order valence-electron chi connectivity index (χ0n) is 10.8. The van der Waals surface area contributed by atoms with E-state index in [4.69, 9.17) is 16.3 Å². The van der Waals surface area contributed by atoms with Gasteiger partial charge < -0.3 is 10.1 Å². The Morgan fingerprint density at radius 1 is 1.30 bits per heavy atom. The highest BCUT2D eigenvalue weighted by molar-refractivity contribution is 6.31. The van der Waals surface area contributed by atoms with Gasteiger partial charge in [-0.1, -0.05) is 23.7 Å². The van der Waals surface area contributed by atoms with Crippen molar-refractivity contribution in [3.63, 3.8) is 0 Å². The Morgan fingerprint density at radius 2 is 2.05 bits per heavy atom. The number of carbonyl (C=O) groups is 1. The molecule has 0 aliphatic carbocycles. The maximum Gasteiger partial charge on any atom is 0.258 e. The molecule has 0 bridgehead atoms. The van der Waals surface area contributed by atoms with E-state index in [2.05, 4.69) is 5.32 Å².